The van der Waals surface area contributed by atoms with Crippen LogP contribution in [0.4, 0.5) is 11.4 Å². The molecule has 106 valence electrons. The number of nitrogens with one attached hydrogen (secondary N) is 1. The van der Waals surface area contributed by atoms with Crippen LogP contribution >= 0.6 is 0 Å². The van der Waals surface area contributed by atoms with Crippen LogP contribution in [0.1, 0.15) is 33.6 Å². The van der Waals surface area contributed by atoms with E-state index >= 15 is 0 Å². The van der Waals surface area contributed by atoms with E-state index in [0.717, 1.165) is 18.8 Å². The average molecular weight is 263 g/mol. The zero-order valence-electron chi connectivity index (χ0n) is 12.1. The highest BCUT2D eigenvalue weighted by Gasteiger charge is 2.05. The lowest BCUT2D eigenvalue weighted by molar-refractivity contribution is -0.116. The molecular weight excluding hydrogens is 238 g/mol. The summed E-state index contributed by atoms with van der Waals surface area (Å²) in [6.45, 7) is 8.14. The lowest BCUT2D eigenvalue weighted by Gasteiger charge is -2.21. The summed E-state index contributed by atoms with van der Waals surface area (Å²) in [5.41, 5.74) is 7.65. The molecule has 0 saturated carbocycles. The first-order valence-electron chi connectivity index (χ1n) is 6.97. The number of nitrogens with two attached hydrogens (primary N) is 1. The summed E-state index contributed by atoms with van der Waals surface area (Å²) in [7, 11) is 0. The second-order valence-corrected chi connectivity index (χ2v) is 4.78. The molecule has 1 amide bonds. The molecule has 0 saturated heterocycles. The molecule has 1 unspecified atom stereocenters. The van der Waals surface area contributed by atoms with Crippen molar-refractivity contribution in [1.82, 2.24) is 0 Å². The Morgan fingerprint density at radius 1 is 1.26 bits per heavy atom. The molecule has 0 heterocycles. The van der Waals surface area contributed by atoms with Gasteiger partial charge in [-0.25, -0.2) is 0 Å². The van der Waals surface area contributed by atoms with E-state index in [0.29, 0.717) is 12.8 Å². The number of anilines is 2. The molecule has 1 atom stereocenters. The van der Waals surface area contributed by atoms with Gasteiger partial charge in [0.05, 0.1) is 0 Å². The molecule has 19 heavy (non-hydrogen) atoms. The Hall–Kier alpha value is -1.55. The van der Waals surface area contributed by atoms with Crippen molar-refractivity contribution in [2.24, 2.45) is 5.73 Å². The maximum absolute atomic E-state index is 11.7. The number of hydrogen-bond donors (Lipinski definition) is 2. The molecular formula is C15H25N3O. The molecule has 0 aromatic heterocycles. The molecule has 1 aromatic carbocycles. The minimum absolute atomic E-state index is 0.0212. The van der Waals surface area contributed by atoms with Crippen LogP contribution in [0.25, 0.3) is 0 Å². The zero-order valence-corrected chi connectivity index (χ0v) is 12.1. The van der Waals surface area contributed by atoms with E-state index in [9.17, 15) is 4.79 Å². The first kappa shape index (κ1) is 15.5. The van der Waals surface area contributed by atoms with E-state index in [4.69, 9.17) is 5.73 Å². The van der Waals surface area contributed by atoms with Crippen LogP contribution in [0, 0.1) is 0 Å². The fourth-order valence-corrected chi connectivity index (χ4v) is 1.93. The summed E-state index contributed by atoms with van der Waals surface area (Å²) < 4.78 is 0. The monoisotopic (exact) mass is 263 g/mol. The summed E-state index contributed by atoms with van der Waals surface area (Å²) in [6.07, 6.45) is 1.18. The van der Waals surface area contributed by atoms with Gasteiger partial charge in [-0.3, -0.25) is 4.79 Å². The van der Waals surface area contributed by atoms with Crippen LogP contribution in [0.2, 0.25) is 0 Å². The van der Waals surface area contributed by atoms with E-state index in [2.05, 4.69) is 24.1 Å². The second kappa shape index (κ2) is 7.79. The molecule has 0 spiro atoms. The van der Waals surface area contributed by atoms with Crippen molar-refractivity contribution in [3.63, 3.8) is 0 Å². The Labute approximate surface area is 116 Å². The van der Waals surface area contributed by atoms with Crippen molar-refractivity contribution in [2.45, 2.75) is 39.7 Å². The highest BCUT2D eigenvalue weighted by Crippen LogP contribution is 2.17. The van der Waals surface area contributed by atoms with Gasteiger partial charge in [0.15, 0.2) is 0 Å². The Bertz CT molecular complexity index is 383. The third kappa shape index (κ3) is 5.30. The normalized spacial score (nSPS) is 12.0. The van der Waals surface area contributed by atoms with Crippen molar-refractivity contribution in [1.29, 1.82) is 0 Å². The Kier molecular flexibility index (Phi) is 6.36. The Balaban J connectivity index is 2.54. The topological polar surface area (TPSA) is 58.4 Å². The van der Waals surface area contributed by atoms with E-state index in [1.165, 1.54) is 5.69 Å². The second-order valence-electron chi connectivity index (χ2n) is 4.78. The van der Waals surface area contributed by atoms with Crippen molar-refractivity contribution in [3.05, 3.63) is 24.3 Å². The van der Waals surface area contributed by atoms with E-state index in [1.54, 1.807) is 0 Å². The smallest absolute Gasteiger partial charge is 0.224 e. The molecule has 0 fully saturated rings. The fourth-order valence-electron chi connectivity index (χ4n) is 1.93. The summed E-state index contributed by atoms with van der Waals surface area (Å²) in [6, 6.07) is 8.02. The third-order valence-electron chi connectivity index (χ3n) is 3.11. The molecule has 4 nitrogen and oxygen atoms in total. The van der Waals surface area contributed by atoms with Gasteiger partial charge in [0.1, 0.15) is 0 Å². The molecule has 3 N–H and O–H groups in total. The maximum Gasteiger partial charge on any atom is 0.224 e. The lowest BCUT2D eigenvalue weighted by atomic mass is 10.2. The van der Waals surface area contributed by atoms with Crippen LogP contribution in [-0.4, -0.2) is 25.0 Å². The maximum atomic E-state index is 11.7. The minimum atomic E-state index is 0.0212. The summed E-state index contributed by atoms with van der Waals surface area (Å²) >= 11 is 0. The van der Waals surface area contributed by atoms with Crippen LogP contribution in [0.15, 0.2) is 24.3 Å². The van der Waals surface area contributed by atoms with Crippen LogP contribution in [0.3, 0.4) is 0 Å². The third-order valence-corrected chi connectivity index (χ3v) is 3.11. The quantitative estimate of drug-likeness (QED) is 0.795. The first-order valence-corrected chi connectivity index (χ1v) is 6.97. The number of rotatable bonds is 7. The largest absolute Gasteiger partial charge is 0.372 e. The fraction of sp³-hybridized carbons (Fsp3) is 0.533. The lowest BCUT2D eigenvalue weighted by Crippen LogP contribution is -2.22. The highest BCUT2D eigenvalue weighted by atomic mass is 16.1. The Morgan fingerprint density at radius 3 is 2.32 bits per heavy atom. The van der Waals surface area contributed by atoms with Gasteiger partial charge in [-0.2, -0.15) is 0 Å². The van der Waals surface area contributed by atoms with Gasteiger partial charge in [-0.1, -0.05) is 0 Å². The number of amides is 1. The van der Waals surface area contributed by atoms with Crippen molar-refractivity contribution in [3.8, 4) is 0 Å². The number of carbonyl (C=O) groups is 1. The predicted molar refractivity (Wildman–Crippen MR) is 81.5 cm³/mol. The van der Waals surface area contributed by atoms with E-state index in [-0.39, 0.29) is 11.9 Å². The van der Waals surface area contributed by atoms with Gasteiger partial charge in [0.25, 0.3) is 0 Å². The number of nitrogens with zero attached hydrogens (tertiary/aromatic N) is 1. The van der Waals surface area contributed by atoms with Crippen molar-refractivity contribution < 1.29 is 4.79 Å². The number of hydrogen-bond acceptors (Lipinski definition) is 3. The van der Waals surface area contributed by atoms with Gasteiger partial charge in [0, 0.05) is 36.9 Å². The molecule has 0 aliphatic heterocycles. The van der Waals surface area contributed by atoms with Crippen molar-refractivity contribution >= 4 is 17.3 Å². The van der Waals surface area contributed by atoms with Crippen molar-refractivity contribution in [2.75, 3.05) is 23.3 Å². The van der Waals surface area contributed by atoms with Crippen LogP contribution in [0.5, 0.6) is 0 Å². The summed E-state index contributed by atoms with van der Waals surface area (Å²) in [5, 5.41) is 2.89. The van der Waals surface area contributed by atoms with Gasteiger partial charge in [-0.05, 0) is 51.5 Å². The van der Waals surface area contributed by atoms with Crippen LogP contribution < -0.4 is 16.0 Å². The SMILES string of the molecule is CCN(CC)c1ccc(NC(=O)CCC(C)N)cc1. The molecule has 4 heteroatoms. The molecule has 0 radical (unpaired) electrons. The first-order chi connectivity index (χ1) is 9.06. The van der Waals surface area contributed by atoms with E-state index < -0.39 is 0 Å². The predicted octanol–water partition coefficient (Wildman–Crippen LogP) is 2.60. The summed E-state index contributed by atoms with van der Waals surface area (Å²) in [4.78, 5) is 13.9. The zero-order chi connectivity index (χ0) is 14.3. The molecule has 1 aromatic rings. The molecule has 0 aliphatic carbocycles. The summed E-state index contributed by atoms with van der Waals surface area (Å²) in [5.74, 6) is 0.0212. The molecule has 0 bridgehead atoms. The number of carbonyl (C=O) groups excluding carboxylic acids is 1. The number of benzene rings is 1. The average Bonchev–Trinajstić information content (AvgIpc) is 2.40. The van der Waals surface area contributed by atoms with Gasteiger partial charge in [0.2, 0.25) is 5.91 Å². The minimum Gasteiger partial charge on any atom is -0.372 e. The molecule has 0 aliphatic rings. The molecule has 1 rings (SSSR count). The standard InChI is InChI=1S/C15H25N3O/c1-4-18(5-2)14-9-7-13(8-10-14)17-15(19)11-6-12(3)16/h7-10,12H,4-6,11,16H2,1-3H3,(H,17,19). The van der Waals surface area contributed by atoms with E-state index in [1.807, 2.05) is 31.2 Å². The highest BCUT2D eigenvalue weighted by molar-refractivity contribution is 5.90. The van der Waals surface area contributed by atoms with Gasteiger partial charge < -0.3 is 16.0 Å². The van der Waals surface area contributed by atoms with Gasteiger partial charge in [-0.15, -0.1) is 0 Å². The Morgan fingerprint density at radius 2 is 1.84 bits per heavy atom. The van der Waals surface area contributed by atoms with Gasteiger partial charge >= 0.3 is 0 Å². The van der Waals surface area contributed by atoms with Crippen LogP contribution in [-0.2, 0) is 4.79 Å².